The molecule has 0 saturated heterocycles. The molecular weight excluding hydrogens is 264 g/mol. The normalized spacial score (nSPS) is 17.0. The van der Waals surface area contributed by atoms with Crippen LogP contribution in [0.4, 0.5) is 0 Å². The van der Waals surface area contributed by atoms with Gasteiger partial charge in [-0.1, -0.05) is 18.5 Å². The Morgan fingerprint density at radius 3 is 2.81 bits per heavy atom. The Hall–Kier alpha value is -0.450. The molecule has 0 radical (unpaired) electrons. The van der Waals surface area contributed by atoms with Crippen molar-refractivity contribution < 1.29 is 8.42 Å². The van der Waals surface area contributed by atoms with E-state index in [1.807, 2.05) is 6.92 Å². The summed E-state index contributed by atoms with van der Waals surface area (Å²) in [6.45, 7) is 2.05. The van der Waals surface area contributed by atoms with Crippen LogP contribution in [0.1, 0.15) is 12.5 Å². The Kier molecular flexibility index (Phi) is 3.33. The van der Waals surface area contributed by atoms with Crippen molar-refractivity contribution in [1.82, 2.24) is 0 Å². The van der Waals surface area contributed by atoms with Crippen LogP contribution in [0.2, 0.25) is 5.02 Å². The Bertz CT molecular complexity index is 547. The molecule has 1 aromatic carbocycles. The highest BCUT2D eigenvalue weighted by atomic mass is 35.5. The van der Waals surface area contributed by atoms with E-state index in [0.29, 0.717) is 15.7 Å². The zero-order chi connectivity index (χ0) is 11.8. The summed E-state index contributed by atoms with van der Waals surface area (Å²) in [6.07, 6.45) is 0. The quantitative estimate of drug-likeness (QED) is 0.849. The zero-order valence-corrected chi connectivity index (χ0v) is 11.1. The minimum atomic E-state index is -3.24. The third-order valence-corrected chi connectivity index (χ3v) is 5.08. The number of hydrogen-bond donors (Lipinski definition) is 0. The molecule has 16 heavy (non-hydrogen) atoms. The van der Waals surface area contributed by atoms with Crippen molar-refractivity contribution in [3.63, 3.8) is 0 Å². The molecule has 0 saturated carbocycles. The molecule has 0 aliphatic carbocycles. The topological polar surface area (TPSA) is 34.1 Å². The number of fused-ring (bicyclic) bond motifs is 1. The van der Waals surface area contributed by atoms with Gasteiger partial charge < -0.3 is 0 Å². The molecule has 1 aromatic rings. The molecule has 0 spiro atoms. The van der Waals surface area contributed by atoms with Crippen LogP contribution in [0, 0.1) is 0 Å². The SMILES string of the molecule is CCSCC1=CS(=O)(=O)c2ccc(Cl)cc21. The molecular formula is C11H11ClO2S2. The first-order valence-corrected chi connectivity index (χ1v) is 7.96. The van der Waals surface area contributed by atoms with Crippen LogP contribution in [0.15, 0.2) is 28.5 Å². The predicted molar refractivity (Wildman–Crippen MR) is 69.6 cm³/mol. The van der Waals surface area contributed by atoms with Crippen LogP contribution in [0.5, 0.6) is 0 Å². The second-order valence-corrected chi connectivity index (χ2v) is 6.94. The van der Waals surface area contributed by atoms with E-state index in [4.69, 9.17) is 11.6 Å². The lowest BCUT2D eigenvalue weighted by molar-refractivity contribution is 0.605. The van der Waals surface area contributed by atoms with Gasteiger partial charge in [0, 0.05) is 16.2 Å². The van der Waals surface area contributed by atoms with E-state index in [2.05, 4.69) is 0 Å². The van der Waals surface area contributed by atoms with Crippen molar-refractivity contribution in [1.29, 1.82) is 0 Å². The lowest BCUT2D eigenvalue weighted by Gasteiger charge is -2.03. The van der Waals surface area contributed by atoms with E-state index in [1.165, 1.54) is 5.41 Å². The van der Waals surface area contributed by atoms with E-state index >= 15 is 0 Å². The standard InChI is InChI=1S/C11H11ClO2S2/c1-2-15-6-8-7-16(13,14)11-4-3-9(12)5-10(8)11/h3-5,7H,2,6H2,1H3. The summed E-state index contributed by atoms with van der Waals surface area (Å²) in [4.78, 5) is 0.378. The Morgan fingerprint density at radius 2 is 2.12 bits per heavy atom. The number of rotatable bonds is 3. The molecule has 2 nitrogen and oxygen atoms in total. The minimum absolute atomic E-state index is 0.378. The van der Waals surface area contributed by atoms with Gasteiger partial charge in [-0.3, -0.25) is 0 Å². The van der Waals surface area contributed by atoms with Crippen molar-refractivity contribution in [3.05, 3.63) is 34.2 Å². The van der Waals surface area contributed by atoms with Crippen molar-refractivity contribution in [2.45, 2.75) is 11.8 Å². The van der Waals surface area contributed by atoms with Gasteiger partial charge in [0.1, 0.15) is 0 Å². The fourth-order valence-corrected chi connectivity index (χ4v) is 4.05. The zero-order valence-electron chi connectivity index (χ0n) is 8.73. The van der Waals surface area contributed by atoms with Crippen molar-refractivity contribution >= 4 is 38.8 Å². The van der Waals surface area contributed by atoms with E-state index in [-0.39, 0.29) is 0 Å². The summed E-state index contributed by atoms with van der Waals surface area (Å²) in [5, 5.41) is 1.93. The van der Waals surface area contributed by atoms with Crippen LogP contribution in [-0.4, -0.2) is 19.9 Å². The van der Waals surface area contributed by atoms with Crippen molar-refractivity contribution in [2.24, 2.45) is 0 Å². The minimum Gasteiger partial charge on any atom is -0.219 e. The highest BCUT2D eigenvalue weighted by Crippen LogP contribution is 2.36. The van der Waals surface area contributed by atoms with E-state index in [9.17, 15) is 8.42 Å². The molecule has 2 rings (SSSR count). The van der Waals surface area contributed by atoms with Gasteiger partial charge in [-0.15, -0.1) is 0 Å². The van der Waals surface area contributed by atoms with Gasteiger partial charge in [0.05, 0.1) is 4.90 Å². The summed E-state index contributed by atoms with van der Waals surface area (Å²) in [6, 6.07) is 4.91. The maximum Gasteiger partial charge on any atom is 0.200 e. The maximum atomic E-state index is 11.8. The van der Waals surface area contributed by atoms with Gasteiger partial charge in [-0.05, 0) is 35.1 Å². The molecule has 0 N–H and O–H groups in total. The first-order valence-electron chi connectivity index (χ1n) is 4.88. The smallest absolute Gasteiger partial charge is 0.200 e. The number of halogens is 1. The molecule has 0 bridgehead atoms. The highest BCUT2D eigenvalue weighted by Gasteiger charge is 2.26. The first kappa shape index (κ1) is 12.0. The van der Waals surface area contributed by atoms with Gasteiger partial charge >= 0.3 is 0 Å². The van der Waals surface area contributed by atoms with E-state index < -0.39 is 9.84 Å². The summed E-state index contributed by atoms with van der Waals surface area (Å²) < 4.78 is 23.6. The molecule has 1 aliphatic rings. The average Bonchev–Trinajstić information content (AvgIpc) is 2.47. The largest absolute Gasteiger partial charge is 0.219 e. The fraction of sp³-hybridized carbons (Fsp3) is 0.273. The fourth-order valence-electron chi connectivity index (χ4n) is 1.64. The van der Waals surface area contributed by atoms with Gasteiger partial charge in [0.2, 0.25) is 9.84 Å². The highest BCUT2D eigenvalue weighted by molar-refractivity contribution is 8.00. The van der Waals surface area contributed by atoms with Crippen LogP contribution >= 0.6 is 23.4 Å². The summed E-state index contributed by atoms with van der Waals surface area (Å²) in [7, 11) is -3.24. The molecule has 0 unspecified atom stereocenters. The van der Waals surface area contributed by atoms with Crippen LogP contribution in [0.25, 0.3) is 5.57 Å². The third kappa shape index (κ3) is 2.14. The first-order chi connectivity index (χ1) is 7.54. The number of sulfone groups is 1. The summed E-state index contributed by atoms with van der Waals surface area (Å²) >= 11 is 7.59. The Balaban J connectivity index is 2.49. The molecule has 0 fully saturated rings. The molecule has 1 heterocycles. The third-order valence-electron chi connectivity index (χ3n) is 2.35. The summed E-state index contributed by atoms with van der Waals surface area (Å²) in [5.74, 6) is 1.68. The van der Waals surface area contributed by atoms with E-state index in [0.717, 1.165) is 16.9 Å². The molecule has 0 atom stereocenters. The van der Waals surface area contributed by atoms with Crippen molar-refractivity contribution in [3.8, 4) is 0 Å². The second-order valence-electron chi connectivity index (χ2n) is 3.47. The lowest BCUT2D eigenvalue weighted by Crippen LogP contribution is -1.92. The number of hydrogen-bond acceptors (Lipinski definition) is 3. The van der Waals surface area contributed by atoms with Gasteiger partial charge in [-0.2, -0.15) is 11.8 Å². The van der Waals surface area contributed by atoms with Crippen LogP contribution in [-0.2, 0) is 9.84 Å². The molecule has 86 valence electrons. The van der Waals surface area contributed by atoms with Gasteiger partial charge in [-0.25, -0.2) is 8.42 Å². The summed E-state index contributed by atoms with van der Waals surface area (Å²) in [5.41, 5.74) is 1.61. The average molecular weight is 275 g/mol. The van der Waals surface area contributed by atoms with E-state index in [1.54, 1.807) is 30.0 Å². The Labute approximate surface area is 105 Å². The molecule has 0 aromatic heterocycles. The number of benzene rings is 1. The lowest BCUT2D eigenvalue weighted by atomic mass is 10.1. The Morgan fingerprint density at radius 1 is 1.38 bits per heavy atom. The maximum absolute atomic E-state index is 11.8. The van der Waals surface area contributed by atoms with Crippen LogP contribution in [0.3, 0.4) is 0 Å². The molecule has 5 heteroatoms. The van der Waals surface area contributed by atoms with Crippen molar-refractivity contribution in [2.75, 3.05) is 11.5 Å². The number of thioether (sulfide) groups is 1. The van der Waals surface area contributed by atoms with Gasteiger partial charge in [0.15, 0.2) is 0 Å². The monoisotopic (exact) mass is 274 g/mol. The second kappa shape index (κ2) is 4.43. The molecule has 0 amide bonds. The predicted octanol–water partition coefficient (Wildman–Crippen LogP) is 3.22. The molecule has 1 aliphatic heterocycles. The van der Waals surface area contributed by atoms with Crippen LogP contribution < -0.4 is 0 Å². The van der Waals surface area contributed by atoms with Gasteiger partial charge in [0.25, 0.3) is 0 Å².